The Morgan fingerprint density at radius 2 is 2.25 bits per heavy atom. The van der Waals surface area contributed by atoms with E-state index in [2.05, 4.69) is 19.4 Å². The number of carbonyl (C=O) groups is 1. The predicted octanol–water partition coefficient (Wildman–Crippen LogP) is 1.53. The fraction of sp³-hybridized carbons (Fsp3) is 0.571. The maximum absolute atomic E-state index is 12.1. The Hall–Kier alpha value is -1.38. The number of hydrogen-bond acceptors (Lipinski definition) is 6. The van der Waals surface area contributed by atoms with Crippen molar-refractivity contribution in [1.29, 1.82) is 0 Å². The molecule has 0 saturated heterocycles. The predicted molar refractivity (Wildman–Crippen MR) is 50.0 cm³/mol. The minimum atomic E-state index is -4.54. The van der Waals surface area contributed by atoms with Crippen LogP contribution < -0.4 is 5.32 Å². The zero-order valence-corrected chi connectivity index (χ0v) is 8.98. The molecule has 0 bridgehead atoms. The van der Waals surface area contributed by atoms with Crippen molar-refractivity contribution in [2.24, 2.45) is 0 Å². The number of rotatable bonds is 4. The van der Waals surface area contributed by atoms with Gasteiger partial charge in [-0.1, -0.05) is 0 Å². The van der Waals surface area contributed by atoms with Gasteiger partial charge in [-0.15, -0.1) is 0 Å². The first-order valence-corrected chi connectivity index (χ1v) is 4.92. The average Bonchev–Trinajstić information content (AvgIpc) is 2.65. The van der Waals surface area contributed by atoms with E-state index < -0.39 is 18.0 Å². The van der Waals surface area contributed by atoms with Crippen LogP contribution in [0.15, 0.2) is 0 Å². The highest BCUT2D eigenvalue weighted by atomic mass is 32.1. The van der Waals surface area contributed by atoms with Crippen molar-refractivity contribution in [3.05, 3.63) is 5.82 Å². The molecule has 1 N–H and O–H groups in total. The van der Waals surface area contributed by atoms with Gasteiger partial charge in [0.2, 0.25) is 11.0 Å². The molecule has 0 saturated carbocycles. The number of nitrogens with one attached hydrogen (secondary N) is 1. The van der Waals surface area contributed by atoms with Gasteiger partial charge in [0.15, 0.2) is 0 Å². The Labute approximate surface area is 92.8 Å². The standard InChI is InChI=1S/C7H8F3N3O2S/c1-15-4(14)2-3-11-6-12-5(13-16-6)7(8,9)10/h2-3H2,1H3,(H,11,12,13). The summed E-state index contributed by atoms with van der Waals surface area (Å²) in [7, 11) is 1.23. The molecule has 1 heterocycles. The van der Waals surface area contributed by atoms with Crippen LogP contribution in [0.25, 0.3) is 0 Å². The van der Waals surface area contributed by atoms with Gasteiger partial charge in [0.1, 0.15) is 0 Å². The highest BCUT2D eigenvalue weighted by Gasteiger charge is 2.36. The van der Waals surface area contributed by atoms with Crippen molar-refractivity contribution < 1.29 is 22.7 Å². The Morgan fingerprint density at radius 1 is 1.56 bits per heavy atom. The molecule has 0 aliphatic rings. The maximum Gasteiger partial charge on any atom is 0.452 e. The van der Waals surface area contributed by atoms with Crippen molar-refractivity contribution >= 4 is 22.6 Å². The van der Waals surface area contributed by atoms with Crippen LogP contribution in [0.4, 0.5) is 18.3 Å². The van der Waals surface area contributed by atoms with Crippen LogP contribution in [-0.4, -0.2) is 29.0 Å². The molecular weight excluding hydrogens is 247 g/mol. The molecule has 0 unspecified atom stereocenters. The molecule has 5 nitrogen and oxygen atoms in total. The normalized spacial score (nSPS) is 11.2. The van der Waals surface area contributed by atoms with Gasteiger partial charge in [-0.2, -0.15) is 22.5 Å². The second kappa shape index (κ2) is 5.10. The topological polar surface area (TPSA) is 64.1 Å². The number of aromatic nitrogens is 2. The second-order valence-electron chi connectivity index (χ2n) is 2.67. The summed E-state index contributed by atoms with van der Waals surface area (Å²) in [6.07, 6.45) is -4.49. The molecule has 0 fully saturated rings. The van der Waals surface area contributed by atoms with E-state index >= 15 is 0 Å². The Bertz CT molecular complexity index is 366. The van der Waals surface area contributed by atoms with Crippen molar-refractivity contribution in [2.45, 2.75) is 12.6 Å². The number of anilines is 1. The lowest BCUT2D eigenvalue weighted by Gasteiger charge is -2.00. The van der Waals surface area contributed by atoms with Gasteiger partial charge < -0.3 is 10.1 Å². The van der Waals surface area contributed by atoms with Crippen molar-refractivity contribution in [1.82, 2.24) is 9.36 Å². The summed E-state index contributed by atoms with van der Waals surface area (Å²) in [5.74, 6) is -1.63. The number of halogens is 3. The molecule has 0 aliphatic heterocycles. The minimum absolute atomic E-state index is 0.0243. The van der Waals surface area contributed by atoms with Gasteiger partial charge in [0.25, 0.3) is 0 Å². The van der Waals surface area contributed by atoms with Crippen LogP contribution in [0, 0.1) is 0 Å². The Morgan fingerprint density at radius 3 is 2.75 bits per heavy atom. The van der Waals surface area contributed by atoms with Crippen molar-refractivity contribution in [3.8, 4) is 0 Å². The highest BCUT2D eigenvalue weighted by Crippen LogP contribution is 2.28. The van der Waals surface area contributed by atoms with Gasteiger partial charge in [-0.25, -0.2) is 0 Å². The molecule has 1 rings (SSSR count). The molecule has 0 aromatic carbocycles. The van der Waals surface area contributed by atoms with Gasteiger partial charge in [0.05, 0.1) is 13.5 Å². The Kier molecular flexibility index (Phi) is 4.05. The van der Waals surface area contributed by atoms with Gasteiger partial charge in [0, 0.05) is 18.1 Å². The van der Waals surface area contributed by atoms with Crippen LogP contribution in [-0.2, 0) is 15.7 Å². The third-order valence-corrected chi connectivity index (χ3v) is 2.19. The van der Waals surface area contributed by atoms with E-state index in [1.165, 1.54) is 7.11 Å². The third-order valence-electron chi connectivity index (χ3n) is 1.51. The summed E-state index contributed by atoms with van der Waals surface area (Å²) in [5, 5.41) is 2.57. The van der Waals surface area contributed by atoms with E-state index in [1.54, 1.807) is 0 Å². The second-order valence-corrected chi connectivity index (χ2v) is 3.43. The summed E-state index contributed by atoms with van der Waals surface area (Å²) in [4.78, 5) is 13.9. The lowest BCUT2D eigenvalue weighted by atomic mass is 10.4. The smallest absolute Gasteiger partial charge is 0.452 e. The zero-order valence-electron chi connectivity index (χ0n) is 8.17. The van der Waals surface area contributed by atoms with Gasteiger partial charge >= 0.3 is 12.1 Å². The fourth-order valence-electron chi connectivity index (χ4n) is 0.784. The maximum atomic E-state index is 12.1. The van der Waals surface area contributed by atoms with Crippen molar-refractivity contribution in [3.63, 3.8) is 0 Å². The van der Waals surface area contributed by atoms with Crippen molar-refractivity contribution in [2.75, 3.05) is 19.0 Å². The molecule has 9 heteroatoms. The number of carbonyl (C=O) groups excluding carboxylic acids is 1. The molecule has 1 aromatic rings. The first-order chi connectivity index (χ1) is 7.43. The van der Waals surface area contributed by atoms with E-state index in [0.717, 1.165) is 0 Å². The highest BCUT2D eigenvalue weighted by molar-refractivity contribution is 7.09. The molecule has 16 heavy (non-hydrogen) atoms. The third kappa shape index (κ3) is 3.65. The van der Waals surface area contributed by atoms with Crippen LogP contribution in [0.3, 0.4) is 0 Å². The molecule has 0 radical (unpaired) electrons. The molecule has 0 aliphatic carbocycles. The monoisotopic (exact) mass is 255 g/mol. The quantitative estimate of drug-likeness (QED) is 0.826. The fourth-order valence-corrected chi connectivity index (χ4v) is 1.40. The zero-order chi connectivity index (χ0) is 12.2. The van der Waals surface area contributed by atoms with Gasteiger partial charge in [-0.3, -0.25) is 4.79 Å². The van der Waals surface area contributed by atoms with Crippen LogP contribution in [0.2, 0.25) is 0 Å². The summed E-state index contributed by atoms with van der Waals surface area (Å²) in [6, 6.07) is 0. The lowest BCUT2D eigenvalue weighted by Crippen LogP contribution is -2.10. The molecule has 0 spiro atoms. The van der Waals surface area contributed by atoms with E-state index in [-0.39, 0.29) is 18.1 Å². The summed E-state index contributed by atoms with van der Waals surface area (Å²) >= 11 is 0.591. The molecule has 0 amide bonds. The van der Waals surface area contributed by atoms with Crippen LogP contribution >= 0.6 is 11.5 Å². The summed E-state index contributed by atoms with van der Waals surface area (Å²) in [6.45, 7) is 0.152. The van der Waals surface area contributed by atoms with Crippen LogP contribution in [0.1, 0.15) is 12.2 Å². The lowest BCUT2D eigenvalue weighted by molar-refractivity contribution is -0.144. The molecule has 1 aromatic heterocycles. The van der Waals surface area contributed by atoms with E-state index in [0.29, 0.717) is 11.5 Å². The number of ether oxygens (including phenoxy) is 1. The molecule has 90 valence electrons. The summed E-state index contributed by atoms with van der Waals surface area (Å²) in [5.41, 5.74) is 0. The SMILES string of the molecule is COC(=O)CCNc1nc(C(F)(F)F)ns1. The first kappa shape index (κ1) is 12.7. The number of nitrogens with zero attached hydrogens (tertiary/aromatic N) is 2. The number of hydrogen-bond donors (Lipinski definition) is 1. The molecular formula is C7H8F3N3O2S. The van der Waals surface area contributed by atoms with E-state index in [1.807, 2.05) is 0 Å². The van der Waals surface area contributed by atoms with Crippen LogP contribution in [0.5, 0.6) is 0 Å². The largest absolute Gasteiger partial charge is 0.469 e. The number of methoxy groups -OCH3 is 1. The molecule has 0 atom stereocenters. The average molecular weight is 255 g/mol. The number of esters is 1. The summed E-state index contributed by atoms with van der Waals surface area (Å²) < 4.78 is 43.7. The minimum Gasteiger partial charge on any atom is -0.469 e. The van der Waals surface area contributed by atoms with E-state index in [4.69, 9.17) is 0 Å². The van der Waals surface area contributed by atoms with Gasteiger partial charge in [-0.05, 0) is 0 Å². The first-order valence-electron chi connectivity index (χ1n) is 4.15. The Balaban J connectivity index is 2.44. The van der Waals surface area contributed by atoms with E-state index in [9.17, 15) is 18.0 Å². The number of alkyl halides is 3.